The van der Waals surface area contributed by atoms with E-state index in [4.69, 9.17) is 4.74 Å². The molecule has 3 aromatic rings. The third-order valence-corrected chi connectivity index (χ3v) is 6.44. The van der Waals surface area contributed by atoms with Crippen LogP contribution in [0.1, 0.15) is 29.8 Å². The van der Waals surface area contributed by atoms with Crippen molar-refractivity contribution in [3.05, 3.63) is 65.7 Å². The minimum absolute atomic E-state index is 0.0434. The van der Waals surface area contributed by atoms with E-state index in [1.807, 2.05) is 25.1 Å². The van der Waals surface area contributed by atoms with Crippen molar-refractivity contribution in [3.63, 3.8) is 0 Å². The van der Waals surface area contributed by atoms with Gasteiger partial charge in [0.15, 0.2) is 10.9 Å². The van der Waals surface area contributed by atoms with E-state index >= 15 is 0 Å². The van der Waals surface area contributed by atoms with Gasteiger partial charge in [-0.05, 0) is 31.5 Å². The van der Waals surface area contributed by atoms with Crippen molar-refractivity contribution in [3.8, 4) is 0 Å². The second-order valence-electron chi connectivity index (χ2n) is 7.84. The zero-order chi connectivity index (χ0) is 23.2. The first kappa shape index (κ1) is 23.0. The molecule has 9 heteroatoms. The third-order valence-electron chi connectivity index (χ3n) is 5.36. The van der Waals surface area contributed by atoms with E-state index < -0.39 is 5.25 Å². The summed E-state index contributed by atoms with van der Waals surface area (Å²) in [6, 6.07) is 17.1. The Balaban J connectivity index is 1.52. The Morgan fingerprint density at radius 1 is 1.09 bits per heavy atom. The maximum atomic E-state index is 12.9. The van der Waals surface area contributed by atoms with E-state index in [9.17, 15) is 9.59 Å². The Hall–Kier alpha value is -3.17. The fourth-order valence-electron chi connectivity index (χ4n) is 3.54. The first-order chi connectivity index (χ1) is 16.0. The minimum Gasteiger partial charge on any atom is -0.378 e. The number of thioether (sulfide) groups is 1. The molecule has 1 aliphatic rings. The van der Waals surface area contributed by atoms with Gasteiger partial charge < -0.3 is 15.0 Å². The lowest BCUT2D eigenvalue weighted by Crippen LogP contribution is -2.38. The molecule has 33 heavy (non-hydrogen) atoms. The number of nitrogens with one attached hydrogen (secondary N) is 1. The van der Waals surface area contributed by atoms with Crippen LogP contribution in [-0.4, -0.2) is 58.0 Å². The van der Waals surface area contributed by atoms with Gasteiger partial charge in [0, 0.05) is 24.3 Å². The summed E-state index contributed by atoms with van der Waals surface area (Å²) in [4.78, 5) is 26.7. The maximum absolute atomic E-state index is 12.9. The molecule has 1 amide bonds. The summed E-state index contributed by atoms with van der Waals surface area (Å²) in [7, 11) is 0. The van der Waals surface area contributed by atoms with Crippen molar-refractivity contribution in [1.82, 2.24) is 14.8 Å². The number of rotatable bonds is 8. The normalized spacial score (nSPS) is 14.7. The zero-order valence-electron chi connectivity index (χ0n) is 18.7. The van der Waals surface area contributed by atoms with Gasteiger partial charge in [-0.25, -0.2) is 0 Å². The summed E-state index contributed by atoms with van der Waals surface area (Å²) >= 11 is 1.36. The van der Waals surface area contributed by atoms with Crippen molar-refractivity contribution in [2.24, 2.45) is 0 Å². The monoisotopic (exact) mass is 465 g/mol. The molecule has 4 rings (SSSR count). The molecule has 0 spiro atoms. The quantitative estimate of drug-likeness (QED) is 0.402. The molecule has 1 fully saturated rings. The smallest absolute Gasteiger partial charge is 0.237 e. The number of carbonyl (C=O) groups excluding carboxylic acids is 2. The second kappa shape index (κ2) is 10.6. The number of Topliss-reactive ketones (excluding diaryl/α,β-unsaturated/α-hetero) is 1. The molecule has 2 heterocycles. The van der Waals surface area contributed by atoms with Crippen LogP contribution in [0.2, 0.25) is 0 Å². The van der Waals surface area contributed by atoms with Crippen LogP contribution in [0.3, 0.4) is 0 Å². The Morgan fingerprint density at radius 2 is 1.85 bits per heavy atom. The molecule has 0 radical (unpaired) electrons. The number of nitrogens with zero attached hydrogens (tertiary/aromatic N) is 4. The van der Waals surface area contributed by atoms with Crippen LogP contribution in [0.4, 0.5) is 11.6 Å². The van der Waals surface area contributed by atoms with Gasteiger partial charge in [-0.15, -0.1) is 10.2 Å². The fourth-order valence-corrected chi connectivity index (χ4v) is 4.38. The lowest BCUT2D eigenvalue weighted by atomic mass is 10.1. The van der Waals surface area contributed by atoms with E-state index in [1.165, 1.54) is 18.7 Å². The molecule has 8 nitrogen and oxygen atoms in total. The van der Waals surface area contributed by atoms with Crippen LogP contribution in [0.5, 0.6) is 0 Å². The first-order valence-electron chi connectivity index (χ1n) is 10.9. The number of hydrogen-bond acceptors (Lipinski definition) is 7. The summed E-state index contributed by atoms with van der Waals surface area (Å²) in [5.74, 6) is 0.576. The fraction of sp³-hybridized carbons (Fsp3) is 0.333. The SMILES string of the molecule is CC(=O)c1cccc(NC(=O)C(C)Sc2nnc(N3CCOCC3)n2Cc2ccccc2)c1. The zero-order valence-corrected chi connectivity index (χ0v) is 19.5. The lowest BCUT2D eigenvalue weighted by molar-refractivity contribution is -0.115. The van der Waals surface area contributed by atoms with Crippen LogP contribution < -0.4 is 10.2 Å². The highest BCUT2D eigenvalue weighted by Crippen LogP contribution is 2.28. The lowest BCUT2D eigenvalue weighted by Gasteiger charge is -2.28. The molecule has 1 aromatic heterocycles. The van der Waals surface area contributed by atoms with Gasteiger partial charge in [0.25, 0.3) is 0 Å². The van der Waals surface area contributed by atoms with E-state index in [2.05, 4.69) is 37.1 Å². The van der Waals surface area contributed by atoms with Gasteiger partial charge in [0.05, 0.1) is 25.0 Å². The van der Waals surface area contributed by atoms with Gasteiger partial charge in [-0.2, -0.15) is 0 Å². The number of hydrogen-bond donors (Lipinski definition) is 1. The van der Waals surface area contributed by atoms with Gasteiger partial charge in [-0.1, -0.05) is 54.2 Å². The number of ether oxygens (including phenoxy) is 1. The van der Waals surface area contributed by atoms with E-state index in [0.29, 0.717) is 36.2 Å². The molecule has 172 valence electrons. The molecule has 1 N–H and O–H groups in total. The van der Waals surface area contributed by atoms with E-state index in [-0.39, 0.29) is 11.7 Å². The number of aromatic nitrogens is 3. The highest BCUT2D eigenvalue weighted by molar-refractivity contribution is 8.00. The molecule has 0 aliphatic carbocycles. The molecular formula is C24H27N5O3S. The number of carbonyl (C=O) groups is 2. The minimum atomic E-state index is -0.415. The van der Waals surface area contributed by atoms with Gasteiger partial charge in [0.2, 0.25) is 11.9 Å². The Morgan fingerprint density at radius 3 is 2.58 bits per heavy atom. The van der Waals surface area contributed by atoms with Crippen molar-refractivity contribution in [2.45, 2.75) is 30.8 Å². The average molecular weight is 466 g/mol. The molecule has 1 aliphatic heterocycles. The average Bonchev–Trinajstić information content (AvgIpc) is 3.22. The summed E-state index contributed by atoms with van der Waals surface area (Å²) < 4.78 is 7.54. The maximum Gasteiger partial charge on any atom is 0.237 e. The van der Waals surface area contributed by atoms with Gasteiger partial charge in [-0.3, -0.25) is 14.2 Å². The van der Waals surface area contributed by atoms with Gasteiger partial charge >= 0.3 is 0 Å². The largest absolute Gasteiger partial charge is 0.378 e. The van der Waals surface area contributed by atoms with Crippen molar-refractivity contribution in [1.29, 1.82) is 0 Å². The van der Waals surface area contributed by atoms with Crippen LogP contribution in [0.15, 0.2) is 59.8 Å². The molecule has 1 unspecified atom stereocenters. The number of ketones is 1. The van der Waals surface area contributed by atoms with Crippen molar-refractivity contribution >= 4 is 35.1 Å². The molecule has 0 saturated carbocycles. The highest BCUT2D eigenvalue weighted by atomic mass is 32.2. The third kappa shape index (κ3) is 5.80. The molecular weight excluding hydrogens is 438 g/mol. The Labute approximate surface area is 197 Å². The van der Waals surface area contributed by atoms with Crippen molar-refractivity contribution in [2.75, 3.05) is 36.5 Å². The van der Waals surface area contributed by atoms with Crippen LogP contribution in [-0.2, 0) is 16.1 Å². The number of morpholine rings is 1. The summed E-state index contributed by atoms with van der Waals surface area (Å²) in [5.41, 5.74) is 2.29. The highest BCUT2D eigenvalue weighted by Gasteiger charge is 2.24. The van der Waals surface area contributed by atoms with Crippen molar-refractivity contribution < 1.29 is 14.3 Å². The Kier molecular flexibility index (Phi) is 7.41. The standard InChI is InChI=1S/C24H27N5O3S/c1-17(30)20-9-6-10-21(15-20)25-22(31)18(2)33-24-27-26-23(28-11-13-32-14-12-28)29(24)16-19-7-4-3-5-8-19/h3-10,15,18H,11-14,16H2,1-2H3,(H,25,31). The predicted molar refractivity (Wildman–Crippen MR) is 129 cm³/mol. The second-order valence-corrected chi connectivity index (χ2v) is 9.15. The summed E-state index contributed by atoms with van der Waals surface area (Å²) in [6.45, 7) is 6.76. The predicted octanol–water partition coefficient (Wildman–Crippen LogP) is 3.48. The molecule has 2 aromatic carbocycles. The molecule has 1 atom stereocenters. The molecule has 1 saturated heterocycles. The molecule has 0 bridgehead atoms. The first-order valence-corrected chi connectivity index (χ1v) is 11.8. The van der Waals surface area contributed by atoms with E-state index in [1.54, 1.807) is 24.3 Å². The van der Waals surface area contributed by atoms with Crippen LogP contribution >= 0.6 is 11.8 Å². The van der Waals surface area contributed by atoms with Crippen LogP contribution in [0.25, 0.3) is 0 Å². The summed E-state index contributed by atoms with van der Waals surface area (Å²) in [5, 5.41) is 12.0. The number of anilines is 2. The summed E-state index contributed by atoms with van der Waals surface area (Å²) in [6.07, 6.45) is 0. The number of benzene rings is 2. The topological polar surface area (TPSA) is 89.3 Å². The Bertz CT molecular complexity index is 1110. The van der Waals surface area contributed by atoms with E-state index in [0.717, 1.165) is 24.6 Å². The van der Waals surface area contributed by atoms with Gasteiger partial charge in [0.1, 0.15) is 0 Å². The van der Waals surface area contributed by atoms with Crippen LogP contribution in [0, 0.1) is 0 Å². The number of amides is 1.